The zero-order chi connectivity index (χ0) is 20.1. The Kier molecular flexibility index (Phi) is 16.8. The molecule has 0 fully saturated rings. The minimum absolute atomic E-state index is 0.232. The van der Waals surface area contributed by atoms with E-state index < -0.39 is 0 Å². The van der Waals surface area contributed by atoms with Gasteiger partial charge in [-0.15, -0.1) is 0 Å². The van der Waals surface area contributed by atoms with Crippen molar-refractivity contribution in [2.45, 2.75) is 64.7 Å². The van der Waals surface area contributed by atoms with Gasteiger partial charge in [0.05, 0.1) is 39.6 Å². The Morgan fingerprint density at radius 3 is 1.96 bits per heavy atom. The van der Waals surface area contributed by atoms with Gasteiger partial charge >= 0.3 is 0 Å². The third-order valence-corrected chi connectivity index (χ3v) is 4.34. The van der Waals surface area contributed by atoms with Crippen molar-refractivity contribution in [2.24, 2.45) is 0 Å². The SMILES string of the molecule is CCCCCCCCCC[CH]OCCOCCOCCOc1ccc(O)cc1. The van der Waals surface area contributed by atoms with Gasteiger partial charge in [-0.1, -0.05) is 58.3 Å². The number of unbranched alkanes of at least 4 members (excludes halogenated alkanes) is 8. The summed E-state index contributed by atoms with van der Waals surface area (Å²) in [7, 11) is 0. The zero-order valence-electron chi connectivity index (χ0n) is 17.6. The Labute approximate surface area is 171 Å². The second-order valence-corrected chi connectivity index (χ2v) is 6.87. The van der Waals surface area contributed by atoms with Crippen LogP contribution in [0, 0.1) is 6.61 Å². The van der Waals surface area contributed by atoms with E-state index in [1.807, 2.05) is 6.61 Å². The summed E-state index contributed by atoms with van der Waals surface area (Å²) < 4.78 is 21.9. The molecule has 0 amide bonds. The fraction of sp³-hybridized carbons (Fsp3) is 0.696. The first-order chi connectivity index (χ1) is 13.8. The highest BCUT2D eigenvalue weighted by Gasteiger charge is 1.96. The fourth-order valence-corrected chi connectivity index (χ4v) is 2.72. The number of benzene rings is 1. The molecule has 0 aliphatic heterocycles. The summed E-state index contributed by atoms with van der Waals surface area (Å²) in [4.78, 5) is 0. The van der Waals surface area contributed by atoms with Crippen molar-refractivity contribution in [1.29, 1.82) is 0 Å². The Hall–Kier alpha value is -1.30. The van der Waals surface area contributed by atoms with Crippen LogP contribution in [0.4, 0.5) is 0 Å². The molecular formula is C23H39O5. The van der Waals surface area contributed by atoms with Gasteiger partial charge in [-0.05, 0) is 30.7 Å². The maximum absolute atomic E-state index is 9.19. The van der Waals surface area contributed by atoms with Gasteiger partial charge in [-0.3, -0.25) is 0 Å². The van der Waals surface area contributed by atoms with Crippen LogP contribution in [0.5, 0.6) is 11.5 Å². The van der Waals surface area contributed by atoms with Crippen LogP contribution in [0.2, 0.25) is 0 Å². The van der Waals surface area contributed by atoms with Crippen molar-refractivity contribution >= 4 is 0 Å². The largest absolute Gasteiger partial charge is 0.508 e. The van der Waals surface area contributed by atoms with Gasteiger partial charge < -0.3 is 24.1 Å². The number of hydrogen-bond donors (Lipinski definition) is 1. The van der Waals surface area contributed by atoms with Crippen LogP contribution in [0.3, 0.4) is 0 Å². The van der Waals surface area contributed by atoms with Crippen LogP contribution in [-0.4, -0.2) is 44.7 Å². The monoisotopic (exact) mass is 395 g/mol. The number of hydrogen-bond acceptors (Lipinski definition) is 5. The summed E-state index contributed by atoms with van der Waals surface area (Å²) in [5.41, 5.74) is 0. The highest BCUT2D eigenvalue weighted by atomic mass is 16.6. The van der Waals surface area contributed by atoms with E-state index in [0.717, 1.165) is 12.2 Å². The average Bonchev–Trinajstić information content (AvgIpc) is 2.71. The quantitative estimate of drug-likeness (QED) is 0.295. The molecule has 28 heavy (non-hydrogen) atoms. The summed E-state index contributed by atoms with van der Waals surface area (Å²) in [6.45, 7) is 7.43. The van der Waals surface area contributed by atoms with E-state index in [4.69, 9.17) is 18.9 Å². The van der Waals surface area contributed by atoms with Crippen molar-refractivity contribution in [2.75, 3.05) is 39.6 Å². The molecule has 0 spiro atoms. The lowest BCUT2D eigenvalue weighted by Crippen LogP contribution is -2.12. The van der Waals surface area contributed by atoms with Gasteiger partial charge in [0.15, 0.2) is 0 Å². The predicted octanol–water partition coefficient (Wildman–Crippen LogP) is 5.51. The Morgan fingerprint density at radius 1 is 0.714 bits per heavy atom. The minimum atomic E-state index is 0.232. The van der Waals surface area contributed by atoms with Crippen molar-refractivity contribution < 1.29 is 24.1 Å². The van der Waals surface area contributed by atoms with E-state index in [1.165, 1.54) is 51.4 Å². The van der Waals surface area contributed by atoms with E-state index in [1.54, 1.807) is 24.3 Å². The Bertz CT molecular complexity index is 435. The molecular weight excluding hydrogens is 356 g/mol. The molecule has 1 N–H and O–H groups in total. The Morgan fingerprint density at radius 2 is 1.29 bits per heavy atom. The number of aromatic hydroxyl groups is 1. The molecule has 5 heteroatoms. The van der Waals surface area contributed by atoms with E-state index in [2.05, 4.69) is 6.92 Å². The van der Waals surface area contributed by atoms with E-state index >= 15 is 0 Å². The molecule has 0 aliphatic carbocycles. The smallest absolute Gasteiger partial charge is 0.119 e. The summed E-state index contributed by atoms with van der Waals surface area (Å²) in [5, 5.41) is 9.19. The summed E-state index contributed by atoms with van der Waals surface area (Å²) in [6.07, 6.45) is 11.8. The van der Waals surface area contributed by atoms with Crippen molar-refractivity contribution in [1.82, 2.24) is 0 Å². The van der Waals surface area contributed by atoms with Gasteiger partial charge in [0.25, 0.3) is 0 Å². The highest BCUT2D eigenvalue weighted by Crippen LogP contribution is 2.15. The van der Waals surface area contributed by atoms with Gasteiger partial charge in [0.2, 0.25) is 0 Å². The van der Waals surface area contributed by atoms with Crippen LogP contribution < -0.4 is 4.74 Å². The van der Waals surface area contributed by atoms with Crippen molar-refractivity contribution in [3.63, 3.8) is 0 Å². The molecule has 1 aromatic rings. The molecule has 0 aromatic heterocycles. The van der Waals surface area contributed by atoms with Gasteiger partial charge in [-0.25, -0.2) is 0 Å². The predicted molar refractivity (Wildman–Crippen MR) is 113 cm³/mol. The lowest BCUT2D eigenvalue weighted by atomic mass is 10.1. The normalized spacial score (nSPS) is 11.0. The fourth-order valence-electron chi connectivity index (χ4n) is 2.72. The molecule has 0 bridgehead atoms. The van der Waals surface area contributed by atoms with Gasteiger partial charge in [0.1, 0.15) is 18.1 Å². The first-order valence-electron chi connectivity index (χ1n) is 10.8. The molecule has 0 saturated heterocycles. The van der Waals surface area contributed by atoms with Gasteiger partial charge in [-0.2, -0.15) is 0 Å². The number of ether oxygens (including phenoxy) is 4. The zero-order valence-corrected chi connectivity index (χ0v) is 17.6. The minimum Gasteiger partial charge on any atom is -0.508 e. The summed E-state index contributed by atoms with van der Waals surface area (Å²) >= 11 is 0. The second-order valence-electron chi connectivity index (χ2n) is 6.87. The molecule has 1 aromatic carbocycles. The van der Waals surface area contributed by atoms with Crippen LogP contribution in [-0.2, 0) is 14.2 Å². The summed E-state index contributed by atoms with van der Waals surface area (Å²) in [6, 6.07) is 6.65. The molecule has 0 saturated carbocycles. The second kappa shape index (κ2) is 19.0. The lowest BCUT2D eigenvalue weighted by Gasteiger charge is -2.08. The van der Waals surface area contributed by atoms with Crippen LogP contribution in [0.1, 0.15) is 64.7 Å². The molecule has 0 atom stereocenters. The Balaban J connectivity index is 1.70. The summed E-state index contributed by atoms with van der Waals surface area (Å²) in [5.74, 6) is 0.952. The molecule has 0 heterocycles. The van der Waals surface area contributed by atoms with Crippen LogP contribution in [0.15, 0.2) is 24.3 Å². The third kappa shape index (κ3) is 15.7. The maximum Gasteiger partial charge on any atom is 0.119 e. The average molecular weight is 396 g/mol. The molecule has 1 radical (unpaired) electrons. The standard InChI is InChI=1S/C23H39O5/c1-2-3-4-5-6-7-8-9-10-15-25-16-17-26-18-19-27-20-21-28-23-13-11-22(24)12-14-23/h11-15,24H,2-10,16-21H2,1H3. The maximum atomic E-state index is 9.19. The first-order valence-corrected chi connectivity index (χ1v) is 10.8. The van der Waals surface area contributed by atoms with Gasteiger partial charge in [0, 0.05) is 0 Å². The molecule has 161 valence electrons. The van der Waals surface area contributed by atoms with Crippen molar-refractivity contribution in [3.8, 4) is 11.5 Å². The number of phenols is 1. The molecule has 0 aliphatic rings. The molecule has 1 rings (SSSR count). The number of rotatable bonds is 20. The van der Waals surface area contributed by atoms with Crippen molar-refractivity contribution in [3.05, 3.63) is 30.9 Å². The van der Waals surface area contributed by atoms with E-state index in [-0.39, 0.29) is 5.75 Å². The topological polar surface area (TPSA) is 57.2 Å². The highest BCUT2D eigenvalue weighted by molar-refractivity contribution is 5.29. The van der Waals surface area contributed by atoms with E-state index in [9.17, 15) is 5.11 Å². The van der Waals surface area contributed by atoms with Crippen LogP contribution >= 0.6 is 0 Å². The lowest BCUT2D eigenvalue weighted by molar-refractivity contribution is 0.0178. The number of phenolic OH excluding ortho intramolecular Hbond substituents is 1. The molecule has 0 unspecified atom stereocenters. The first kappa shape index (κ1) is 24.7. The third-order valence-electron chi connectivity index (χ3n) is 4.34. The molecule has 5 nitrogen and oxygen atoms in total. The van der Waals surface area contributed by atoms with E-state index in [0.29, 0.717) is 39.6 Å². The van der Waals surface area contributed by atoms with Crippen LogP contribution in [0.25, 0.3) is 0 Å².